The molecule has 1 N–H and O–H groups in total. The summed E-state index contributed by atoms with van der Waals surface area (Å²) in [5, 5.41) is 18.3. The molecule has 24 heavy (non-hydrogen) atoms. The molecular formula is C17H23N5O2. The summed E-state index contributed by atoms with van der Waals surface area (Å²) in [6.45, 7) is 10.5. The van der Waals surface area contributed by atoms with Gasteiger partial charge in [-0.3, -0.25) is 0 Å². The van der Waals surface area contributed by atoms with Crippen LogP contribution < -0.4 is 4.90 Å². The quantitative estimate of drug-likeness (QED) is 0.921. The standard InChI is InChI=1S/C17H23N5O2/c1-4-20-7-9-21(10-8-20)16-15(17(23)24)18-22(19-16)14-11-12(2)5-6-13(14)3/h5-6,11H,4,7-10H2,1-3H3,(H,23,24). The van der Waals surface area contributed by atoms with Crippen molar-refractivity contribution in [1.29, 1.82) is 0 Å². The topological polar surface area (TPSA) is 74.5 Å². The summed E-state index contributed by atoms with van der Waals surface area (Å²) in [4.78, 5) is 17.4. The van der Waals surface area contributed by atoms with Gasteiger partial charge in [-0.25, -0.2) is 4.79 Å². The fourth-order valence-electron chi connectivity index (χ4n) is 2.97. The van der Waals surface area contributed by atoms with Gasteiger partial charge < -0.3 is 14.9 Å². The molecule has 7 heteroatoms. The van der Waals surface area contributed by atoms with Crippen molar-refractivity contribution in [2.45, 2.75) is 20.8 Å². The first-order valence-electron chi connectivity index (χ1n) is 8.25. The fourth-order valence-corrected chi connectivity index (χ4v) is 2.97. The summed E-state index contributed by atoms with van der Waals surface area (Å²) in [7, 11) is 0. The number of carboxylic acid groups (broad SMARTS) is 1. The molecule has 0 unspecified atom stereocenters. The van der Waals surface area contributed by atoms with Crippen LogP contribution in [0.4, 0.5) is 5.82 Å². The Labute approximate surface area is 141 Å². The molecule has 128 valence electrons. The van der Waals surface area contributed by atoms with E-state index in [1.54, 1.807) is 0 Å². The molecule has 0 spiro atoms. The van der Waals surface area contributed by atoms with E-state index in [0.717, 1.165) is 49.5 Å². The second kappa shape index (κ2) is 6.60. The normalized spacial score (nSPS) is 15.7. The highest BCUT2D eigenvalue weighted by atomic mass is 16.4. The summed E-state index contributed by atoms with van der Waals surface area (Å²) < 4.78 is 0. The zero-order valence-electron chi connectivity index (χ0n) is 14.4. The minimum absolute atomic E-state index is 0.0147. The van der Waals surface area contributed by atoms with E-state index in [2.05, 4.69) is 22.0 Å². The van der Waals surface area contributed by atoms with Crippen molar-refractivity contribution in [2.24, 2.45) is 0 Å². The lowest BCUT2D eigenvalue weighted by Crippen LogP contribution is -2.46. The van der Waals surface area contributed by atoms with E-state index in [4.69, 9.17) is 0 Å². The van der Waals surface area contributed by atoms with Gasteiger partial charge in [0.15, 0.2) is 5.82 Å². The average Bonchev–Trinajstić information content (AvgIpc) is 3.02. The van der Waals surface area contributed by atoms with Crippen molar-refractivity contribution in [3.8, 4) is 5.69 Å². The molecular weight excluding hydrogens is 306 g/mol. The summed E-state index contributed by atoms with van der Waals surface area (Å²) >= 11 is 0. The van der Waals surface area contributed by atoms with E-state index in [0.29, 0.717) is 5.82 Å². The number of piperazine rings is 1. The number of carbonyl (C=O) groups is 1. The van der Waals surface area contributed by atoms with Crippen molar-refractivity contribution >= 4 is 11.8 Å². The number of hydrogen-bond acceptors (Lipinski definition) is 5. The van der Waals surface area contributed by atoms with Gasteiger partial charge in [-0.2, -0.15) is 0 Å². The lowest BCUT2D eigenvalue weighted by atomic mass is 10.1. The number of carboxylic acids is 1. The van der Waals surface area contributed by atoms with Gasteiger partial charge in [-0.15, -0.1) is 15.0 Å². The molecule has 0 amide bonds. The SMILES string of the molecule is CCN1CCN(c2nn(-c3cc(C)ccc3C)nc2C(=O)O)CC1. The van der Waals surface area contributed by atoms with Gasteiger partial charge in [0.05, 0.1) is 5.69 Å². The molecule has 3 rings (SSSR count). The smallest absolute Gasteiger partial charge is 0.360 e. The average molecular weight is 329 g/mol. The molecule has 1 aromatic carbocycles. The third-order valence-corrected chi connectivity index (χ3v) is 4.50. The Morgan fingerprint density at radius 2 is 1.88 bits per heavy atom. The predicted molar refractivity (Wildman–Crippen MR) is 92.1 cm³/mol. The molecule has 1 aromatic heterocycles. The number of aromatic nitrogens is 3. The monoisotopic (exact) mass is 329 g/mol. The molecule has 7 nitrogen and oxygen atoms in total. The first kappa shape index (κ1) is 16.4. The number of rotatable bonds is 4. The third-order valence-electron chi connectivity index (χ3n) is 4.50. The summed E-state index contributed by atoms with van der Waals surface area (Å²) in [6, 6.07) is 5.99. The fraction of sp³-hybridized carbons (Fsp3) is 0.471. The zero-order valence-corrected chi connectivity index (χ0v) is 14.4. The lowest BCUT2D eigenvalue weighted by molar-refractivity contribution is 0.0690. The first-order chi connectivity index (χ1) is 11.5. The first-order valence-corrected chi connectivity index (χ1v) is 8.25. The molecule has 2 aromatic rings. The van der Waals surface area contributed by atoms with E-state index in [-0.39, 0.29) is 5.69 Å². The third kappa shape index (κ3) is 3.12. The maximum absolute atomic E-state index is 11.6. The second-order valence-electron chi connectivity index (χ2n) is 6.18. The summed E-state index contributed by atoms with van der Waals surface area (Å²) in [5.41, 5.74) is 2.93. The van der Waals surface area contributed by atoms with E-state index < -0.39 is 5.97 Å². The molecule has 0 aliphatic carbocycles. The molecule has 2 heterocycles. The number of nitrogens with zero attached hydrogens (tertiary/aromatic N) is 5. The lowest BCUT2D eigenvalue weighted by Gasteiger charge is -2.34. The number of benzene rings is 1. The maximum Gasteiger partial charge on any atom is 0.360 e. The van der Waals surface area contributed by atoms with Crippen LogP contribution in [0.15, 0.2) is 18.2 Å². The molecule has 1 fully saturated rings. The highest BCUT2D eigenvalue weighted by Gasteiger charge is 2.26. The Kier molecular flexibility index (Phi) is 4.53. The number of likely N-dealkylation sites (N-methyl/N-ethyl adjacent to an activating group) is 1. The van der Waals surface area contributed by atoms with Gasteiger partial charge in [0.2, 0.25) is 5.69 Å². The van der Waals surface area contributed by atoms with Crippen LogP contribution in [-0.2, 0) is 0 Å². The molecule has 1 aliphatic heterocycles. The van der Waals surface area contributed by atoms with Crippen LogP contribution in [0.25, 0.3) is 5.69 Å². The Bertz CT molecular complexity index is 747. The van der Waals surface area contributed by atoms with Crippen LogP contribution in [0, 0.1) is 13.8 Å². The van der Waals surface area contributed by atoms with Crippen molar-refractivity contribution in [3.05, 3.63) is 35.0 Å². The van der Waals surface area contributed by atoms with Gasteiger partial charge >= 0.3 is 5.97 Å². The Morgan fingerprint density at radius 1 is 1.17 bits per heavy atom. The van der Waals surface area contributed by atoms with Crippen molar-refractivity contribution in [3.63, 3.8) is 0 Å². The van der Waals surface area contributed by atoms with Crippen molar-refractivity contribution in [1.82, 2.24) is 19.9 Å². The van der Waals surface area contributed by atoms with Gasteiger partial charge in [0.1, 0.15) is 0 Å². The molecule has 0 radical (unpaired) electrons. The van der Waals surface area contributed by atoms with Crippen LogP contribution >= 0.6 is 0 Å². The van der Waals surface area contributed by atoms with Crippen LogP contribution in [0.5, 0.6) is 0 Å². The van der Waals surface area contributed by atoms with Crippen molar-refractivity contribution < 1.29 is 9.90 Å². The predicted octanol–water partition coefficient (Wildman–Crippen LogP) is 1.72. The highest BCUT2D eigenvalue weighted by Crippen LogP contribution is 2.22. The van der Waals surface area contributed by atoms with E-state index in [9.17, 15) is 9.90 Å². The number of aromatic carboxylic acids is 1. The number of hydrogen-bond donors (Lipinski definition) is 1. The largest absolute Gasteiger partial charge is 0.476 e. The zero-order chi connectivity index (χ0) is 17.3. The summed E-state index contributed by atoms with van der Waals surface area (Å²) in [5.74, 6) is -0.585. The number of aryl methyl sites for hydroxylation is 2. The van der Waals surface area contributed by atoms with E-state index >= 15 is 0 Å². The molecule has 1 aliphatic rings. The Balaban J connectivity index is 1.97. The molecule has 0 saturated carbocycles. The van der Waals surface area contributed by atoms with Crippen LogP contribution in [-0.4, -0.2) is 63.7 Å². The molecule has 1 saturated heterocycles. The van der Waals surface area contributed by atoms with E-state index in [1.165, 1.54) is 4.80 Å². The highest BCUT2D eigenvalue weighted by molar-refractivity contribution is 5.91. The van der Waals surface area contributed by atoms with Gasteiger partial charge in [-0.1, -0.05) is 19.1 Å². The van der Waals surface area contributed by atoms with Gasteiger partial charge in [-0.05, 0) is 37.6 Å². The van der Waals surface area contributed by atoms with Crippen molar-refractivity contribution in [2.75, 3.05) is 37.6 Å². The van der Waals surface area contributed by atoms with Gasteiger partial charge in [0.25, 0.3) is 0 Å². The maximum atomic E-state index is 11.6. The minimum atomic E-state index is -1.04. The van der Waals surface area contributed by atoms with Crippen LogP contribution in [0.1, 0.15) is 28.5 Å². The van der Waals surface area contributed by atoms with Crippen LogP contribution in [0.2, 0.25) is 0 Å². The van der Waals surface area contributed by atoms with E-state index in [1.807, 2.05) is 36.9 Å². The Hall–Kier alpha value is -2.41. The number of anilines is 1. The van der Waals surface area contributed by atoms with Crippen LogP contribution in [0.3, 0.4) is 0 Å². The van der Waals surface area contributed by atoms with Gasteiger partial charge in [0, 0.05) is 26.2 Å². The Morgan fingerprint density at radius 3 is 2.50 bits per heavy atom. The minimum Gasteiger partial charge on any atom is -0.476 e. The second-order valence-corrected chi connectivity index (χ2v) is 6.18. The molecule has 0 bridgehead atoms. The molecule has 0 atom stereocenters. The summed E-state index contributed by atoms with van der Waals surface area (Å²) in [6.07, 6.45) is 0.